The van der Waals surface area contributed by atoms with Crippen molar-refractivity contribution in [1.29, 1.82) is 0 Å². The quantitative estimate of drug-likeness (QED) is 0.402. The first-order valence-corrected chi connectivity index (χ1v) is 10.3. The minimum Gasteiger partial charge on any atom is -0.326 e. The summed E-state index contributed by atoms with van der Waals surface area (Å²) in [6.07, 6.45) is -0.0281. The van der Waals surface area contributed by atoms with Gasteiger partial charge in [-0.15, -0.1) is 5.10 Å². The number of benzene rings is 2. The van der Waals surface area contributed by atoms with E-state index in [0.717, 1.165) is 17.3 Å². The Labute approximate surface area is 183 Å². The van der Waals surface area contributed by atoms with Crippen LogP contribution in [0.5, 0.6) is 0 Å². The number of halogens is 1. The predicted molar refractivity (Wildman–Crippen MR) is 120 cm³/mol. The number of hydrogen-bond donors (Lipinski definition) is 2. The van der Waals surface area contributed by atoms with Crippen LogP contribution in [0.2, 0.25) is 5.02 Å². The average Bonchev–Trinajstić information content (AvgIpc) is 3.06. The van der Waals surface area contributed by atoms with Gasteiger partial charge >= 0.3 is 0 Å². The Balaban J connectivity index is 1.60. The van der Waals surface area contributed by atoms with Crippen molar-refractivity contribution in [1.82, 2.24) is 5.32 Å². The van der Waals surface area contributed by atoms with Crippen molar-refractivity contribution in [3.63, 3.8) is 0 Å². The van der Waals surface area contributed by atoms with Gasteiger partial charge in [0.05, 0.1) is 5.71 Å². The summed E-state index contributed by atoms with van der Waals surface area (Å²) >= 11 is 7.03. The molecule has 0 bridgehead atoms. The zero-order valence-electron chi connectivity index (χ0n) is 16.3. The Morgan fingerprint density at radius 1 is 1.13 bits per heavy atom. The Morgan fingerprint density at radius 3 is 2.57 bits per heavy atom. The molecule has 2 aromatic carbocycles. The second-order valence-electron chi connectivity index (χ2n) is 6.58. The van der Waals surface area contributed by atoms with Crippen molar-refractivity contribution >= 4 is 57.5 Å². The number of thioether (sulfide) groups is 1. The van der Waals surface area contributed by atoms with Crippen LogP contribution in [0.1, 0.15) is 36.2 Å². The van der Waals surface area contributed by atoms with E-state index < -0.39 is 5.25 Å². The van der Waals surface area contributed by atoms with E-state index in [9.17, 15) is 14.4 Å². The monoisotopic (exact) mass is 442 g/mol. The van der Waals surface area contributed by atoms with Crippen molar-refractivity contribution in [2.75, 3.05) is 5.32 Å². The van der Waals surface area contributed by atoms with E-state index in [1.54, 1.807) is 43.3 Å². The smallest absolute Gasteiger partial charge is 0.240 e. The molecule has 7 nitrogen and oxygen atoms in total. The van der Waals surface area contributed by atoms with E-state index in [-0.39, 0.29) is 24.0 Å². The summed E-state index contributed by atoms with van der Waals surface area (Å²) in [7, 11) is 0. The maximum absolute atomic E-state index is 12.3. The lowest BCUT2D eigenvalue weighted by Gasteiger charge is -2.08. The van der Waals surface area contributed by atoms with E-state index in [2.05, 4.69) is 20.8 Å². The second kappa shape index (κ2) is 9.69. The fourth-order valence-corrected chi connectivity index (χ4v) is 3.70. The second-order valence-corrected chi connectivity index (χ2v) is 8.21. The van der Waals surface area contributed by atoms with Crippen LogP contribution in [0.15, 0.2) is 58.7 Å². The molecule has 1 heterocycles. The number of carbonyl (C=O) groups is 3. The first-order valence-electron chi connectivity index (χ1n) is 9.08. The van der Waals surface area contributed by atoms with E-state index in [4.69, 9.17) is 11.6 Å². The van der Waals surface area contributed by atoms with Crippen LogP contribution >= 0.6 is 23.4 Å². The molecule has 2 amide bonds. The zero-order chi connectivity index (χ0) is 21.7. The van der Waals surface area contributed by atoms with Gasteiger partial charge in [-0.1, -0.05) is 47.6 Å². The van der Waals surface area contributed by atoms with E-state index in [0.29, 0.717) is 27.2 Å². The number of nitrogens with one attached hydrogen (secondary N) is 2. The summed E-state index contributed by atoms with van der Waals surface area (Å²) in [6.45, 7) is 3.26. The number of amides is 2. The number of rotatable bonds is 6. The lowest BCUT2D eigenvalue weighted by atomic mass is 10.1. The predicted octanol–water partition coefficient (Wildman–Crippen LogP) is 3.88. The van der Waals surface area contributed by atoms with Gasteiger partial charge in [-0.05, 0) is 43.7 Å². The summed E-state index contributed by atoms with van der Waals surface area (Å²) in [6, 6.07) is 13.8. The average molecular weight is 443 g/mol. The van der Waals surface area contributed by atoms with Gasteiger partial charge in [-0.2, -0.15) is 5.10 Å². The third-order valence-corrected chi connectivity index (χ3v) is 5.58. The lowest BCUT2D eigenvalue weighted by Crippen LogP contribution is -2.28. The van der Waals surface area contributed by atoms with E-state index in [1.807, 2.05) is 12.1 Å². The number of Topliss-reactive ketones (excluding diaryl/α,β-unsaturated/α-hetero) is 1. The number of amidine groups is 1. The number of hydrogen-bond acceptors (Lipinski definition) is 6. The van der Waals surface area contributed by atoms with Crippen LogP contribution in [0.25, 0.3) is 0 Å². The first kappa shape index (κ1) is 21.7. The minimum atomic E-state index is -0.606. The molecule has 154 valence electrons. The highest BCUT2D eigenvalue weighted by Gasteiger charge is 2.32. The van der Waals surface area contributed by atoms with Crippen molar-refractivity contribution in [3.8, 4) is 0 Å². The summed E-state index contributed by atoms with van der Waals surface area (Å²) in [4.78, 5) is 35.9. The van der Waals surface area contributed by atoms with Crippen LogP contribution in [0.4, 0.5) is 5.69 Å². The van der Waals surface area contributed by atoms with Crippen LogP contribution in [0, 0.1) is 0 Å². The van der Waals surface area contributed by atoms with Crippen LogP contribution in [-0.2, 0) is 9.59 Å². The zero-order valence-corrected chi connectivity index (χ0v) is 17.9. The van der Waals surface area contributed by atoms with Crippen LogP contribution < -0.4 is 10.6 Å². The number of carbonyl (C=O) groups excluding carboxylic acids is 3. The number of anilines is 1. The highest BCUT2D eigenvalue weighted by Crippen LogP contribution is 2.23. The molecule has 30 heavy (non-hydrogen) atoms. The van der Waals surface area contributed by atoms with Gasteiger partial charge in [-0.25, -0.2) is 0 Å². The molecule has 0 saturated carbocycles. The first-order chi connectivity index (χ1) is 14.3. The highest BCUT2D eigenvalue weighted by molar-refractivity contribution is 8.15. The number of nitrogens with zero attached hydrogens (tertiary/aromatic N) is 2. The molecule has 3 rings (SSSR count). The summed E-state index contributed by atoms with van der Waals surface area (Å²) < 4.78 is 0. The summed E-state index contributed by atoms with van der Waals surface area (Å²) in [5, 5.41) is 13.9. The van der Waals surface area contributed by atoms with Gasteiger partial charge in [0.2, 0.25) is 11.8 Å². The molecule has 2 N–H and O–H groups in total. The molecular formula is C21H19ClN4O3S. The largest absolute Gasteiger partial charge is 0.326 e. The molecule has 1 aliphatic rings. The van der Waals surface area contributed by atoms with Gasteiger partial charge in [0, 0.05) is 22.7 Å². The maximum Gasteiger partial charge on any atom is 0.240 e. The Morgan fingerprint density at radius 2 is 1.87 bits per heavy atom. The van der Waals surface area contributed by atoms with Gasteiger partial charge in [0.1, 0.15) is 5.25 Å². The van der Waals surface area contributed by atoms with Gasteiger partial charge in [0.25, 0.3) is 0 Å². The van der Waals surface area contributed by atoms with Crippen LogP contribution in [-0.4, -0.2) is 33.7 Å². The molecular weight excluding hydrogens is 424 g/mol. The molecule has 1 unspecified atom stereocenters. The van der Waals surface area contributed by atoms with Crippen LogP contribution in [0.3, 0.4) is 0 Å². The normalized spacial score (nSPS) is 17.7. The molecule has 0 aromatic heterocycles. The molecule has 0 aliphatic carbocycles. The van der Waals surface area contributed by atoms with Gasteiger partial charge in [0.15, 0.2) is 11.0 Å². The van der Waals surface area contributed by atoms with E-state index >= 15 is 0 Å². The maximum atomic E-state index is 12.3. The summed E-state index contributed by atoms with van der Waals surface area (Å²) in [5.41, 5.74) is 2.54. The van der Waals surface area contributed by atoms with E-state index in [1.165, 1.54) is 6.92 Å². The molecule has 1 aliphatic heterocycles. The number of ketones is 1. The Kier molecular flexibility index (Phi) is 7.02. The SMILES string of the molecule is CC(=O)c1cccc(NC(=O)CC2S/C(=N/N=C(\C)c3ccc(Cl)cc3)NC2=O)c1. The fraction of sp³-hybridized carbons (Fsp3) is 0.190. The lowest BCUT2D eigenvalue weighted by molar-refractivity contribution is -0.122. The molecule has 1 fully saturated rings. The Hall–Kier alpha value is -2.97. The minimum absolute atomic E-state index is 0.0281. The highest BCUT2D eigenvalue weighted by atomic mass is 35.5. The molecule has 2 aromatic rings. The van der Waals surface area contributed by atoms with Gasteiger partial charge in [-0.3, -0.25) is 14.4 Å². The molecule has 0 radical (unpaired) electrons. The standard InChI is InChI=1S/C21H19ClN4O3S/c1-12(14-6-8-16(22)9-7-14)25-26-21-24-20(29)18(30-21)11-19(28)23-17-5-3-4-15(10-17)13(2)27/h3-10,18H,11H2,1-2H3,(H,23,28)(H,24,26,29)/b25-12+. The molecule has 1 saturated heterocycles. The van der Waals surface area contributed by atoms with Crippen molar-refractivity contribution in [3.05, 3.63) is 64.7 Å². The van der Waals surface area contributed by atoms with Gasteiger partial charge < -0.3 is 10.6 Å². The van der Waals surface area contributed by atoms with Crippen molar-refractivity contribution in [2.24, 2.45) is 10.2 Å². The molecule has 9 heteroatoms. The topological polar surface area (TPSA) is 100.0 Å². The molecule has 0 spiro atoms. The fourth-order valence-electron chi connectivity index (χ4n) is 2.65. The summed E-state index contributed by atoms with van der Waals surface area (Å²) in [5.74, 6) is -0.719. The molecule has 1 atom stereocenters. The van der Waals surface area contributed by atoms with Crippen molar-refractivity contribution < 1.29 is 14.4 Å². The third kappa shape index (κ3) is 5.77. The third-order valence-electron chi connectivity index (χ3n) is 4.25. The van der Waals surface area contributed by atoms with Crippen molar-refractivity contribution in [2.45, 2.75) is 25.5 Å². The Bertz CT molecular complexity index is 1050.